The van der Waals surface area contributed by atoms with Crippen molar-refractivity contribution < 1.29 is 0 Å². The Bertz CT molecular complexity index is 3180. The SMILES string of the molecule is CC.Cc1ccc(N(c2ccc(N(c3ccccc3)c3ccc(N(c4ccc(C)cc4)c4cc5ccccc5c5ccccc45)cc3)cc2)c2cc3ccccc3c3ccccc23)cc1. The van der Waals surface area contributed by atoms with Crippen LogP contribution >= 0.6 is 0 Å². The minimum absolute atomic E-state index is 1.07. The fourth-order valence-corrected chi connectivity index (χ4v) is 9.21. The fraction of sp³-hybridized carbons (Fsp3) is 0.0645. The van der Waals surface area contributed by atoms with E-state index in [9.17, 15) is 0 Å². The minimum Gasteiger partial charge on any atom is -0.311 e. The maximum atomic E-state index is 2.40. The molecule has 11 aromatic rings. The van der Waals surface area contributed by atoms with Gasteiger partial charge in [-0.05, 0) is 143 Å². The normalized spacial score (nSPS) is 11.1. The first-order valence-corrected chi connectivity index (χ1v) is 22.7. The second kappa shape index (κ2) is 17.9. The fourth-order valence-electron chi connectivity index (χ4n) is 9.21. The molecule has 3 nitrogen and oxygen atoms in total. The Labute approximate surface area is 382 Å². The maximum absolute atomic E-state index is 2.40. The van der Waals surface area contributed by atoms with Gasteiger partial charge in [-0.2, -0.15) is 0 Å². The number of fused-ring (bicyclic) bond motifs is 6. The molecule has 0 unspecified atom stereocenters. The van der Waals surface area contributed by atoms with E-state index in [4.69, 9.17) is 0 Å². The third-order valence-electron chi connectivity index (χ3n) is 12.3. The Hall–Kier alpha value is -8.14. The highest BCUT2D eigenvalue weighted by molar-refractivity contribution is 6.16. The number of para-hydroxylation sites is 1. The average molecular weight is 838 g/mol. The first-order chi connectivity index (χ1) is 32.1. The second-order valence-corrected chi connectivity index (χ2v) is 16.4. The monoisotopic (exact) mass is 837 g/mol. The Balaban J connectivity index is 0.00000246. The minimum atomic E-state index is 1.07. The maximum Gasteiger partial charge on any atom is 0.0546 e. The molecule has 0 fully saturated rings. The number of rotatable bonds is 9. The lowest BCUT2D eigenvalue weighted by Crippen LogP contribution is -2.13. The van der Waals surface area contributed by atoms with E-state index in [0.717, 1.165) is 51.2 Å². The van der Waals surface area contributed by atoms with E-state index in [0.29, 0.717) is 0 Å². The molecule has 0 heterocycles. The van der Waals surface area contributed by atoms with Gasteiger partial charge in [-0.25, -0.2) is 0 Å². The van der Waals surface area contributed by atoms with E-state index in [1.54, 1.807) is 0 Å². The van der Waals surface area contributed by atoms with Crippen molar-refractivity contribution in [3.63, 3.8) is 0 Å². The van der Waals surface area contributed by atoms with Gasteiger partial charge in [0.2, 0.25) is 0 Å². The molecule has 0 saturated heterocycles. The molecule has 0 bridgehead atoms. The summed E-state index contributed by atoms with van der Waals surface area (Å²) in [5.41, 5.74) is 12.4. The molecule has 65 heavy (non-hydrogen) atoms. The molecule has 0 spiro atoms. The number of nitrogens with zero attached hydrogens (tertiary/aromatic N) is 3. The topological polar surface area (TPSA) is 9.72 Å². The van der Waals surface area contributed by atoms with Crippen LogP contribution in [0.3, 0.4) is 0 Å². The highest BCUT2D eigenvalue weighted by atomic mass is 15.2. The molecule has 0 aliphatic carbocycles. The summed E-state index contributed by atoms with van der Waals surface area (Å²) in [6.45, 7) is 8.29. The molecule has 0 aromatic heterocycles. The van der Waals surface area contributed by atoms with Gasteiger partial charge in [0.15, 0.2) is 0 Å². The van der Waals surface area contributed by atoms with Crippen molar-refractivity contribution in [2.24, 2.45) is 0 Å². The van der Waals surface area contributed by atoms with Crippen LogP contribution in [0, 0.1) is 13.8 Å². The molecule has 314 valence electrons. The van der Waals surface area contributed by atoms with Crippen LogP contribution in [0.15, 0.2) is 237 Å². The zero-order valence-electron chi connectivity index (χ0n) is 37.4. The van der Waals surface area contributed by atoms with Gasteiger partial charge in [0, 0.05) is 50.6 Å². The van der Waals surface area contributed by atoms with Crippen molar-refractivity contribution in [1.29, 1.82) is 0 Å². The predicted molar refractivity (Wildman–Crippen MR) is 281 cm³/mol. The lowest BCUT2D eigenvalue weighted by atomic mass is 9.99. The largest absolute Gasteiger partial charge is 0.311 e. The van der Waals surface area contributed by atoms with Crippen LogP contribution in [0.25, 0.3) is 43.1 Å². The van der Waals surface area contributed by atoms with Crippen LogP contribution < -0.4 is 14.7 Å². The van der Waals surface area contributed by atoms with Gasteiger partial charge in [0.1, 0.15) is 0 Å². The molecule has 0 saturated carbocycles. The highest BCUT2D eigenvalue weighted by Gasteiger charge is 2.21. The molecule has 11 aromatic carbocycles. The standard InChI is InChI=1S/C60H45N3.C2H6/c1-42-24-28-49(29-25-42)62(59-40-44-14-6-8-18-53(44)55-20-10-12-22-57(55)59)51-36-32-47(33-37-51)61(46-16-4-3-5-17-46)48-34-38-52(39-35-48)63(50-30-26-43(2)27-31-50)60-41-45-15-7-9-19-54(45)56-21-11-13-23-58(56)60;1-2/h3-41H,1-2H3;1-2H3. The van der Waals surface area contributed by atoms with Gasteiger partial charge < -0.3 is 14.7 Å². The smallest absolute Gasteiger partial charge is 0.0546 e. The number of hydrogen-bond donors (Lipinski definition) is 0. The van der Waals surface area contributed by atoms with E-state index < -0.39 is 0 Å². The van der Waals surface area contributed by atoms with Crippen molar-refractivity contribution in [1.82, 2.24) is 0 Å². The number of hydrogen-bond acceptors (Lipinski definition) is 3. The summed E-state index contributed by atoms with van der Waals surface area (Å²) >= 11 is 0. The Morgan fingerprint density at radius 2 is 0.492 bits per heavy atom. The second-order valence-electron chi connectivity index (χ2n) is 16.4. The Morgan fingerprint density at radius 3 is 0.862 bits per heavy atom. The zero-order chi connectivity index (χ0) is 44.3. The molecule has 0 radical (unpaired) electrons. The molecule has 11 rings (SSSR count). The van der Waals surface area contributed by atoms with Crippen LogP contribution in [0.4, 0.5) is 51.2 Å². The first kappa shape index (κ1) is 40.9. The van der Waals surface area contributed by atoms with Gasteiger partial charge >= 0.3 is 0 Å². The van der Waals surface area contributed by atoms with Crippen LogP contribution in [0.2, 0.25) is 0 Å². The van der Waals surface area contributed by atoms with Gasteiger partial charge in [0.05, 0.1) is 11.4 Å². The summed E-state index contributed by atoms with van der Waals surface area (Å²) in [5.74, 6) is 0. The van der Waals surface area contributed by atoms with E-state index >= 15 is 0 Å². The lowest BCUT2D eigenvalue weighted by Gasteiger charge is -2.30. The van der Waals surface area contributed by atoms with Crippen molar-refractivity contribution >= 4 is 94.3 Å². The number of aryl methyl sites for hydroxylation is 2. The predicted octanol–water partition coefficient (Wildman–Crippen LogP) is 18.4. The van der Waals surface area contributed by atoms with Crippen LogP contribution in [0.1, 0.15) is 25.0 Å². The molecular weight excluding hydrogens is 787 g/mol. The molecule has 0 aliphatic rings. The van der Waals surface area contributed by atoms with Gasteiger partial charge in [0.25, 0.3) is 0 Å². The van der Waals surface area contributed by atoms with Crippen LogP contribution in [0.5, 0.6) is 0 Å². The molecule has 0 amide bonds. The van der Waals surface area contributed by atoms with Gasteiger partial charge in [-0.3, -0.25) is 0 Å². The number of anilines is 9. The molecular formula is C62H51N3. The zero-order valence-corrected chi connectivity index (χ0v) is 37.4. The summed E-state index contributed by atoms with van der Waals surface area (Å²) in [4.78, 5) is 7.14. The van der Waals surface area contributed by atoms with Crippen molar-refractivity contribution in [2.45, 2.75) is 27.7 Å². The van der Waals surface area contributed by atoms with E-state index in [1.807, 2.05) is 13.8 Å². The third-order valence-corrected chi connectivity index (χ3v) is 12.3. The number of benzene rings is 11. The quantitative estimate of drug-likeness (QED) is 0.134. The Kier molecular flexibility index (Phi) is 11.3. The van der Waals surface area contributed by atoms with Crippen molar-refractivity contribution in [3.8, 4) is 0 Å². The van der Waals surface area contributed by atoms with E-state index in [2.05, 4.69) is 265 Å². The summed E-state index contributed by atoms with van der Waals surface area (Å²) < 4.78 is 0. The average Bonchev–Trinajstić information content (AvgIpc) is 3.37. The molecule has 0 aliphatic heterocycles. The summed E-state index contributed by atoms with van der Waals surface area (Å²) in [5, 5.41) is 9.86. The van der Waals surface area contributed by atoms with Crippen molar-refractivity contribution in [3.05, 3.63) is 248 Å². The van der Waals surface area contributed by atoms with Crippen LogP contribution in [-0.2, 0) is 0 Å². The first-order valence-electron chi connectivity index (χ1n) is 22.7. The summed E-state index contributed by atoms with van der Waals surface area (Å²) in [6, 6.07) is 86.0. The highest BCUT2D eigenvalue weighted by Crippen LogP contribution is 2.46. The molecule has 0 N–H and O–H groups in total. The van der Waals surface area contributed by atoms with Gasteiger partial charge in [-0.1, -0.05) is 165 Å². The van der Waals surface area contributed by atoms with Crippen LogP contribution in [-0.4, -0.2) is 0 Å². The molecule has 3 heteroatoms. The molecule has 0 atom stereocenters. The van der Waals surface area contributed by atoms with E-state index in [1.165, 1.54) is 54.2 Å². The van der Waals surface area contributed by atoms with Gasteiger partial charge in [-0.15, -0.1) is 0 Å². The van der Waals surface area contributed by atoms with Crippen molar-refractivity contribution in [2.75, 3.05) is 14.7 Å². The summed E-state index contributed by atoms with van der Waals surface area (Å²) in [6.07, 6.45) is 0. The summed E-state index contributed by atoms with van der Waals surface area (Å²) in [7, 11) is 0. The lowest BCUT2D eigenvalue weighted by molar-refractivity contribution is 1.25. The Morgan fingerprint density at radius 1 is 0.231 bits per heavy atom. The van der Waals surface area contributed by atoms with E-state index in [-0.39, 0.29) is 0 Å². The third kappa shape index (κ3) is 7.83.